The number of carbonyl (C=O) groups excluding carboxylic acids is 1. The number of pyridine rings is 1. The lowest BCUT2D eigenvalue weighted by atomic mass is 10.2. The average molecular weight is 401 g/mol. The van der Waals surface area contributed by atoms with E-state index in [4.69, 9.17) is 21.4 Å². The van der Waals surface area contributed by atoms with Gasteiger partial charge in [0.2, 0.25) is 0 Å². The van der Waals surface area contributed by atoms with Crippen LogP contribution in [0.2, 0.25) is 0 Å². The predicted molar refractivity (Wildman–Crippen MR) is 109 cm³/mol. The van der Waals surface area contributed by atoms with Gasteiger partial charge in [0.25, 0.3) is 5.91 Å². The molecular weight excluding hydrogens is 381 g/mol. The number of para-hydroxylation sites is 2. The number of fused-ring (bicyclic) bond motifs is 1. The zero-order valence-corrected chi connectivity index (χ0v) is 16.3. The number of carbonyl (C=O) groups is 1. The number of nitrogens with zero attached hydrogens (tertiary/aromatic N) is 1. The van der Waals surface area contributed by atoms with Crippen molar-refractivity contribution in [1.82, 2.24) is 10.3 Å². The fourth-order valence-corrected chi connectivity index (χ4v) is 2.80. The van der Waals surface area contributed by atoms with Crippen molar-refractivity contribution >= 4 is 39.9 Å². The first kappa shape index (κ1) is 19.8. The Labute approximate surface area is 167 Å². The number of hydrogen-bond donors (Lipinski definition) is 2. The molecule has 2 unspecified atom stereocenters. The molecule has 2 atom stereocenters. The Bertz CT molecular complexity index is 958. The maximum atomic E-state index is 13.8. The SMILES string of the molecule is CCC(F)C(C)Oc1ccccc1NC(=S)NC(=O)c1cc2cnccc2o1. The van der Waals surface area contributed by atoms with E-state index in [-0.39, 0.29) is 10.9 Å². The molecule has 1 aromatic carbocycles. The smallest absolute Gasteiger partial charge is 0.293 e. The molecular formula is C20H20FN3O3S. The van der Waals surface area contributed by atoms with E-state index in [0.717, 1.165) is 5.39 Å². The molecule has 0 fully saturated rings. The molecule has 0 aliphatic rings. The number of rotatable bonds is 6. The van der Waals surface area contributed by atoms with E-state index in [9.17, 15) is 9.18 Å². The summed E-state index contributed by atoms with van der Waals surface area (Å²) in [5, 5.41) is 6.25. The highest BCUT2D eigenvalue weighted by atomic mass is 32.1. The van der Waals surface area contributed by atoms with E-state index in [1.807, 2.05) is 0 Å². The minimum absolute atomic E-state index is 0.0691. The quantitative estimate of drug-likeness (QED) is 0.594. The Kier molecular flexibility index (Phi) is 6.20. The Balaban J connectivity index is 1.67. The summed E-state index contributed by atoms with van der Waals surface area (Å²) in [4.78, 5) is 16.4. The summed E-state index contributed by atoms with van der Waals surface area (Å²) in [7, 11) is 0. The van der Waals surface area contributed by atoms with E-state index >= 15 is 0 Å². The highest BCUT2D eigenvalue weighted by molar-refractivity contribution is 7.80. The van der Waals surface area contributed by atoms with Crippen molar-refractivity contribution in [3.8, 4) is 5.75 Å². The van der Waals surface area contributed by atoms with Crippen LogP contribution in [0.15, 0.2) is 53.2 Å². The van der Waals surface area contributed by atoms with Gasteiger partial charge in [0, 0.05) is 17.8 Å². The van der Waals surface area contributed by atoms with Crippen LogP contribution >= 0.6 is 12.2 Å². The molecule has 0 saturated carbocycles. The Morgan fingerprint density at radius 3 is 2.89 bits per heavy atom. The molecule has 0 aliphatic carbocycles. The molecule has 0 spiro atoms. The zero-order chi connectivity index (χ0) is 20.1. The van der Waals surface area contributed by atoms with Crippen molar-refractivity contribution in [2.45, 2.75) is 32.5 Å². The van der Waals surface area contributed by atoms with Gasteiger partial charge in [-0.25, -0.2) is 4.39 Å². The van der Waals surface area contributed by atoms with Gasteiger partial charge >= 0.3 is 0 Å². The van der Waals surface area contributed by atoms with Crippen molar-refractivity contribution in [2.75, 3.05) is 5.32 Å². The van der Waals surface area contributed by atoms with Crippen LogP contribution in [-0.4, -0.2) is 28.3 Å². The summed E-state index contributed by atoms with van der Waals surface area (Å²) in [6, 6.07) is 10.3. The van der Waals surface area contributed by atoms with Gasteiger partial charge in [0.15, 0.2) is 10.9 Å². The summed E-state index contributed by atoms with van der Waals surface area (Å²) in [6.07, 6.45) is 1.86. The van der Waals surface area contributed by atoms with E-state index in [2.05, 4.69) is 15.6 Å². The molecule has 0 aliphatic heterocycles. The molecule has 3 aromatic rings. The maximum absolute atomic E-state index is 13.8. The first-order chi connectivity index (χ1) is 13.5. The number of alkyl halides is 1. The summed E-state index contributed by atoms with van der Waals surface area (Å²) in [6.45, 7) is 3.43. The monoisotopic (exact) mass is 401 g/mol. The predicted octanol–water partition coefficient (Wildman–Crippen LogP) is 4.47. The number of hydrogen-bond acceptors (Lipinski definition) is 5. The number of furan rings is 1. The standard InChI is InChI=1S/C20H20FN3O3S/c1-3-14(21)12(2)26-17-7-5-4-6-15(17)23-20(28)24-19(25)18-10-13-11-22-9-8-16(13)27-18/h4-12,14H,3H2,1-2H3,(H2,23,24,25,28). The van der Waals surface area contributed by atoms with Crippen molar-refractivity contribution < 1.29 is 18.3 Å². The fraction of sp³-hybridized carbons (Fsp3) is 0.250. The topological polar surface area (TPSA) is 76.4 Å². The number of thiocarbonyl (C=S) groups is 1. The average Bonchev–Trinajstić information content (AvgIpc) is 3.13. The number of halogens is 1. The highest BCUT2D eigenvalue weighted by Crippen LogP contribution is 2.26. The Morgan fingerprint density at radius 2 is 2.14 bits per heavy atom. The van der Waals surface area contributed by atoms with Gasteiger partial charge < -0.3 is 14.5 Å². The fourth-order valence-electron chi connectivity index (χ4n) is 2.59. The summed E-state index contributed by atoms with van der Waals surface area (Å²) in [5.41, 5.74) is 1.08. The van der Waals surface area contributed by atoms with E-state index < -0.39 is 18.2 Å². The van der Waals surface area contributed by atoms with E-state index in [1.165, 1.54) is 0 Å². The molecule has 6 nitrogen and oxygen atoms in total. The highest BCUT2D eigenvalue weighted by Gasteiger charge is 2.18. The molecule has 146 valence electrons. The molecule has 8 heteroatoms. The first-order valence-electron chi connectivity index (χ1n) is 8.83. The van der Waals surface area contributed by atoms with Crippen molar-refractivity contribution in [1.29, 1.82) is 0 Å². The van der Waals surface area contributed by atoms with Gasteiger partial charge in [0.1, 0.15) is 23.6 Å². The van der Waals surface area contributed by atoms with Crippen LogP contribution in [0.3, 0.4) is 0 Å². The second kappa shape index (κ2) is 8.79. The zero-order valence-electron chi connectivity index (χ0n) is 15.4. The van der Waals surface area contributed by atoms with Crippen LogP contribution in [0.4, 0.5) is 10.1 Å². The van der Waals surface area contributed by atoms with Crippen molar-refractivity contribution in [2.24, 2.45) is 0 Å². The van der Waals surface area contributed by atoms with E-state index in [0.29, 0.717) is 23.4 Å². The normalized spacial score (nSPS) is 13.0. The Hall–Kier alpha value is -3.00. The maximum Gasteiger partial charge on any atom is 0.293 e. The van der Waals surface area contributed by atoms with E-state index in [1.54, 1.807) is 62.6 Å². The third-order valence-corrected chi connectivity index (χ3v) is 4.32. The molecule has 28 heavy (non-hydrogen) atoms. The minimum atomic E-state index is -1.08. The number of anilines is 1. The number of ether oxygens (including phenoxy) is 1. The van der Waals surface area contributed by atoms with Gasteiger partial charge in [-0.2, -0.15) is 0 Å². The van der Waals surface area contributed by atoms with Gasteiger partial charge in [-0.15, -0.1) is 0 Å². The van der Waals surface area contributed by atoms with Crippen molar-refractivity contribution in [3.05, 3.63) is 54.6 Å². The van der Waals surface area contributed by atoms with Gasteiger partial charge in [-0.1, -0.05) is 19.1 Å². The van der Waals surface area contributed by atoms with Crippen LogP contribution in [-0.2, 0) is 0 Å². The van der Waals surface area contributed by atoms with Crippen LogP contribution in [0.1, 0.15) is 30.8 Å². The molecule has 2 aromatic heterocycles. The number of benzene rings is 1. The molecule has 0 bridgehead atoms. The summed E-state index contributed by atoms with van der Waals surface area (Å²) in [5.74, 6) is 0.0707. The lowest BCUT2D eigenvalue weighted by Gasteiger charge is -2.20. The molecule has 2 heterocycles. The Morgan fingerprint density at radius 1 is 1.36 bits per heavy atom. The number of nitrogens with one attached hydrogen (secondary N) is 2. The van der Waals surface area contributed by atoms with Crippen LogP contribution in [0.5, 0.6) is 5.75 Å². The second-order valence-corrected chi connectivity index (χ2v) is 6.58. The third-order valence-electron chi connectivity index (χ3n) is 4.11. The van der Waals surface area contributed by atoms with Gasteiger partial charge in [-0.05, 0) is 49.8 Å². The third kappa shape index (κ3) is 4.64. The second-order valence-electron chi connectivity index (χ2n) is 6.18. The molecule has 2 N–H and O–H groups in total. The van der Waals surface area contributed by atoms with Crippen LogP contribution in [0, 0.1) is 0 Å². The summed E-state index contributed by atoms with van der Waals surface area (Å²) >= 11 is 5.21. The number of aromatic nitrogens is 1. The lowest BCUT2D eigenvalue weighted by molar-refractivity contribution is 0.0952. The van der Waals surface area contributed by atoms with Crippen LogP contribution < -0.4 is 15.4 Å². The van der Waals surface area contributed by atoms with Crippen LogP contribution in [0.25, 0.3) is 11.0 Å². The minimum Gasteiger partial charge on any atom is -0.486 e. The molecule has 0 radical (unpaired) electrons. The molecule has 3 rings (SSSR count). The lowest BCUT2D eigenvalue weighted by Crippen LogP contribution is -2.34. The van der Waals surface area contributed by atoms with Gasteiger partial charge in [0.05, 0.1) is 5.69 Å². The largest absolute Gasteiger partial charge is 0.486 e. The molecule has 1 amide bonds. The number of amides is 1. The first-order valence-corrected chi connectivity index (χ1v) is 9.24. The van der Waals surface area contributed by atoms with Crippen molar-refractivity contribution in [3.63, 3.8) is 0 Å². The van der Waals surface area contributed by atoms with Gasteiger partial charge in [-0.3, -0.25) is 15.1 Å². The molecule has 0 saturated heterocycles. The summed E-state index contributed by atoms with van der Waals surface area (Å²) < 4.78 is 25.0.